The summed E-state index contributed by atoms with van der Waals surface area (Å²) in [5.41, 5.74) is 1.07. The van der Waals surface area contributed by atoms with Crippen LogP contribution in [0.2, 0.25) is 0 Å². The molecule has 0 aliphatic rings. The topological polar surface area (TPSA) is 64.3 Å². The molecule has 96 valence electrons. The van der Waals surface area contributed by atoms with E-state index in [9.17, 15) is 9.18 Å². The summed E-state index contributed by atoms with van der Waals surface area (Å²) in [6.45, 7) is 1.12. The summed E-state index contributed by atoms with van der Waals surface area (Å²) in [5.74, 6) is -1.24. The van der Waals surface area contributed by atoms with E-state index in [1.165, 1.54) is 12.1 Å². The van der Waals surface area contributed by atoms with Crippen LogP contribution in [0.3, 0.4) is 0 Å². The lowest BCUT2D eigenvalue weighted by molar-refractivity contribution is -0.137. The average molecular weight is 250 g/mol. The number of aliphatic carboxylic acids is 1. The van der Waals surface area contributed by atoms with Crippen LogP contribution in [-0.2, 0) is 11.3 Å². The van der Waals surface area contributed by atoms with Gasteiger partial charge >= 0.3 is 5.97 Å². The van der Waals surface area contributed by atoms with Crippen molar-refractivity contribution in [1.29, 1.82) is 5.26 Å². The van der Waals surface area contributed by atoms with Crippen molar-refractivity contribution >= 4 is 5.97 Å². The first kappa shape index (κ1) is 14.1. The van der Waals surface area contributed by atoms with Crippen molar-refractivity contribution in [2.24, 2.45) is 0 Å². The van der Waals surface area contributed by atoms with Crippen LogP contribution in [0.15, 0.2) is 18.2 Å². The molecule has 5 heteroatoms. The van der Waals surface area contributed by atoms with Gasteiger partial charge in [0.2, 0.25) is 0 Å². The Morgan fingerprint density at radius 1 is 1.56 bits per heavy atom. The highest BCUT2D eigenvalue weighted by Gasteiger charge is 2.07. The molecule has 0 radical (unpaired) electrons. The molecule has 0 amide bonds. The van der Waals surface area contributed by atoms with Crippen molar-refractivity contribution in [3.8, 4) is 6.07 Å². The molecule has 18 heavy (non-hydrogen) atoms. The molecule has 0 atom stereocenters. The molecule has 0 aromatic heterocycles. The molecule has 1 N–H and O–H groups in total. The Bertz CT molecular complexity index is 469. The van der Waals surface area contributed by atoms with Gasteiger partial charge in [-0.25, -0.2) is 4.39 Å². The van der Waals surface area contributed by atoms with Gasteiger partial charge in [-0.15, -0.1) is 0 Å². The summed E-state index contributed by atoms with van der Waals surface area (Å²) in [7, 11) is 1.84. The molecular weight excluding hydrogens is 235 g/mol. The Kier molecular flexibility index (Phi) is 5.28. The summed E-state index contributed by atoms with van der Waals surface area (Å²) in [4.78, 5) is 12.3. The van der Waals surface area contributed by atoms with E-state index >= 15 is 0 Å². The van der Waals surface area contributed by atoms with Crippen molar-refractivity contribution in [3.63, 3.8) is 0 Å². The third kappa shape index (κ3) is 4.52. The molecular formula is C13H15FN2O2. The van der Waals surface area contributed by atoms with Crippen LogP contribution in [0.5, 0.6) is 0 Å². The molecule has 0 heterocycles. The van der Waals surface area contributed by atoms with Gasteiger partial charge in [0.25, 0.3) is 0 Å². The molecule has 4 nitrogen and oxygen atoms in total. The number of halogens is 1. The predicted octanol–water partition coefficient (Wildman–Crippen LogP) is 1.99. The van der Waals surface area contributed by atoms with Crippen LogP contribution >= 0.6 is 0 Å². The molecule has 0 spiro atoms. The summed E-state index contributed by atoms with van der Waals surface area (Å²) in [5, 5.41) is 17.4. The van der Waals surface area contributed by atoms with Crippen LogP contribution in [0, 0.1) is 17.1 Å². The monoisotopic (exact) mass is 250 g/mol. The fraction of sp³-hybridized carbons (Fsp3) is 0.385. The van der Waals surface area contributed by atoms with Crippen LogP contribution in [-0.4, -0.2) is 29.6 Å². The lowest BCUT2D eigenvalue weighted by Crippen LogP contribution is -2.20. The molecule has 0 fully saturated rings. The number of nitriles is 1. The molecule has 0 unspecified atom stereocenters. The normalized spacial score (nSPS) is 10.3. The van der Waals surface area contributed by atoms with E-state index in [4.69, 9.17) is 10.4 Å². The second-order valence-electron chi connectivity index (χ2n) is 4.15. The van der Waals surface area contributed by atoms with Crippen LogP contribution in [0.4, 0.5) is 4.39 Å². The largest absolute Gasteiger partial charge is 0.481 e. The minimum atomic E-state index is -0.817. The van der Waals surface area contributed by atoms with Crippen molar-refractivity contribution < 1.29 is 14.3 Å². The van der Waals surface area contributed by atoms with Gasteiger partial charge in [0.05, 0.1) is 11.6 Å². The number of hydrogen-bond donors (Lipinski definition) is 1. The lowest BCUT2D eigenvalue weighted by atomic mass is 10.1. The standard InChI is InChI=1S/C13H15FN2O2/c1-16(6-2-3-13(17)18)9-10-4-5-12(14)7-11(10)8-15/h4-5,7H,2-3,6,9H2,1H3,(H,17,18). The minimum Gasteiger partial charge on any atom is -0.481 e. The predicted molar refractivity (Wildman–Crippen MR) is 64.3 cm³/mol. The van der Waals surface area contributed by atoms with Crippen molar-refractivity contribution in [2.45, 2.75) is 19.4 Å². The highest BCUT2D eigenvalue weighted by atomic mass is 19.1. The van der Waals surface area contributed by atoms with E-state index < -0.39 is 11.8 Å². The number of nitrogens with zero attached hydrogens (tertiary/aromatic N) is 2. The molecule has 0 aliphatic carbocycles. The summed E-state index contributed by atoms with van der Waals surface area (Å²) >= 11 is 0. The molecule has 0 bridgehead atoms. The van der Waals surface area contributed by atoms with E-state index in [0.29, 0.717) is 25.1 Å². The number of hydrogen-bond acceptors (Lipinski definition) is 3. The highest BCUT2D eigenvalue weighted by Crippen LogP contribution is 2.12. The highest BCUT2D eigenvalue weighted by molar-refractivity contribution is 5.66. The third-order valence-corrected chi connectivity index (χ3v) is 2.56. The van der Waals surface area contributed by atoms with Crippen LogP contribution in [0.25, 0.3) is 0 Å². The summed E-state index contributed by atoms with van der Waals surface area (Å²) < 4.78 is 12.9. The zero-order valence-corrected chi connectivity index (χ0v) is 10.2. The maximum Gasteiger partial charge on any atom is 0.303 e. The average Bonchev–Trinajstić information content (AvgIpc) is 2.31. The van der Waals surface area contributed by atoms with E-state index in [2.05, 4.69) is 0 Å². The maximum absolute atomic E-state index is 12.9. The van der Waals surface area contributed by atoms with E-state index in [1.807, 2.05) is 18.0 Å². The van der Waals surface area contributed by atoms with Crippen LogP contribution < -0.4 is 0 Å². The van der Waals surface area contributed by atoms with Gasteiger partial charge < -0.3 is 10.0 Å². The summed E-state index contributed by atoms with van der Waals surface area (Å²) in [6.07, 6.45) is 0.674. The fourth-order valence-corrected chi connectivity index (χ4v) is 1.66. The molecule has 0 saturated carbocycles. The molecule has 0 saturated heterocycles. The number of carboxylic acid groups (broad SMARTS) is 1. The zero-order chi connectivity index (χ0) is 13.5. The van der Waals surface area contributed by atoms with E-state index in [1.54, 1.807) is 6.07 Å². The first-order chi connectivity index (χ1) is 8.52. The molecule has 1 aromatic carbocycles. The van der Waals surface area contributed by atoms with Crippen LogP contribution in [0.1, 0.15) is 24.0 Å². The number of carboxylic acids is 1. The van der Waals surface area contributed by atoms with E-state index in [-0.39, 0.29) is 6.42 Å². The Balaban J connectivity index is 2.56. The third-order valence-electron chi connectivity index (χ3n) is 2.56. The zero-order valence-electron chi connectivity index (χ0n) is 10.2. The van der Waals surface area contributed by atoms with Crippen molar-refractivity contribution in [2.75, 3.05) is 13.6 Å². The van der Waals surface area contributed by atoms with Gasteiger partial charge in [-0.05, 0) is 37.7 Å². The second kappa shape index (κ2) is 6.72. The quantitative estimate of drug-likeness (QED) is 0.838. The van der Waals surface area contributed by atoms with Gasteiger partial charge in [0.1, 0.15) is 5.82 Å². The SMILES string of the molecule is CN(CCCC(=O)O)Cc1ccc(F)cc1C#N. The van der Waals surface area contributed by atoms with Gasteiger partial charge in [-0.3, -0.25) is 4.79 Å². The Morgan fingerprint density at radius 3 is 2.89 bits per heavy atom. The van der Waals surface area contributed by atoms with Gasteiger partial charge in [-0.1, -0.05) is 6.07 Å². The molecule has 1 aromatic rings. The Hall–Kier alpha value is -1.93. The lowest BCUT2D eigenvalue weighted by Gasteiger charge is -2.16. The Labute approximate surface area is 105 Å². The van der Waals surface area contributed by atoms with Gasteiger partial charge in [-0.2, -0.15) is 5.26 Å². The second-order valence-corrected chi connectivity index (χ2v) is 4.15. The molecule has 0 aliphatic heterocycles. The number of benzene rings is 1. The van der Waals surface area contributed by atoms with E-state index in [0.717, 1.165) is 5.56 Å². The van der Waals surface area contributed by atoms with Crippen molar-refractivity contribution in [1.82, 2.24) is 4.90 Å². The van der Waals surface area contributed by atoms with Gasteiger partial charge in [0.15, 0.2) is 0 Å². The first-order valence-corrected chi connectivity index (χ1v) is 5.62. The van der Waals surface area contributed by atoms with Crippen molar-refractivity contribution in [3.05, 3.63) is 35.1 Å². The van der Waals surface area contributed by atoms with Gasteiger partial charge in [0, 0.05) is 13.0 Å². The number of rotatable bonds is 6. The molecule has 1 rings (SSSR count). The first-order valence-electron chi connectivity index (χ1n) is 5.62. The summed E-state index contributed by atoms with van der Waals surface area (Å²) in [6, 6.07) is 6.07. The smallest absolute Gasteiger partial charge is 0.303 e. The Morgan fingerprint density at radius 2 is 2.28 bits per heavy atom. The fourth-order valence-electron chi connectivity index (χ4n) is 1.66. The maximum atomic E-state index is 12.9. The number of carbonyl (C=O) groups is 1. The minimum absolute atomic E-state index is 0.124.